The zero-order chi connectivity index (χ0) is 11.4. The number of nitrogens with zero attached hydrogens (tertiary/aromatic N) is 5. The summed E-state index contributed by atoms with van der Waals surface area (Å²) in [7, 11) is 0. The summed E-state index contributed by atoms with van der Waals surface area (Å²) in [5, 5.41) is 7.48. The highest BCUT2D eigenvalue weighted by Gasteiger charge is 2.08. The molecule has 0 aliphatic heterocycles. The first-order valence-corrected chi connectivity index (χ1v) is 4.66. The van der Waals surface area contributed by atoms with Crippen LogP contribution in [0.25, 0.3) is 0 Å². The molecule has 2 aromatic rings. The molecule has 1 amide bonds. The van der Waals surface area contributed by atoms with Crippen LogP contribution in [0.3, 0.4) is 0 Å². The average Bonchev–Trinajstić information content (AvgIpc) is 2.96. The van der Waals surface area contributed by atoms with Crippen molar-refractivity contribution in [1.29, 1.82) is 0 Å². The highest BCUT2D eigenvalue weighted by molar-refractivity contribution is 5.91. The van der Waals surface area contributed by atoms with Crippen molar-refractivity contribution in [2.75, 3.05) is 0 Å². The number of carbonyl (C=O) groups is 1. The van der Waals surface area contributed by atoms with Crippen molar-refractivity contribution in [3.05, 3.63) is 30.6 Å². The van der Waals surface area contributed by atoms with Gasteiger partial charge in [0.2, 0.25) is 0 Å². The van der Waals surface area contributed by atoms with E-state index in [0.717, 1.165) is 0 Å². The number of imidazole rings is 1. The first-order valence-electron chi connectivity index (χ1n) is 4.66. The van der Waals surface area contributed by atoms with Crippen LogP contribution in [0.15, 0.2) is 24.9 Å². The lowest BCUT2D eigenvalue weighted by atomic mass is 10.4. The summed E-state index contributed by atoms with van der Waals surface area (Å²) >= 11 is 0. The van der Waals surface area contributed by atoms with Crippen molar-refractivity contribution >= 4 is 5.91 Å². The Labute approximate surface area is 91.0 Å². The molecule has 84 valence electrons. The van der Waals surface area contributed by atoms with Gasteiger partial charge in [0, 0.05) is 18.9 Å². The maximum Gasteiger partial charge on any atom is 0.287 e. The maximum absolute atomic E-state index is 11.1. The van der Waals surface area contributed by atoms with Crippen LogP contribution in [0.4, 0.5) is 0 Å². The quantitative estimate of drug-likeness (QED) is 0.382. The molecule has 8 heteroatoms. The van der Waals surface area contributed by atoms with Crippen LogP contribution in [-0.2, 0) is 13.1 Å². The lowest BCUT2D eigenvalue weighted by Crippen LogP contribution is -2.30. The highest BCUT2D eigenvalue weighted by atomic mass is 16.2. The summed E-state index contributed by atoms with van der Waals surface area (Å²) in [5.41, 5.74) is 2.20. The Hall–Kier alpha value is -2.22. The fraction of sp³-hybridized carbons (Fsp3) is 0.250. The number of carbonyl (C=O) groups excluding carboxylic acids is 1. The van der Waals surface area contributed by atoms with E-state index in [1.165, 1.54) is 0 Å². The van der Waals surface area contributed by atoms with Gasteiger partial charge >= 0.3 is 0 Å². The average molecular weight is 221 g/mol. The molecule has 2 rings (SSSR count). The van der Waals surface area contributed by atoms with Gasteiger partial charge in [-0.15, -0.1) is 5.10 Å². The number of rotatable bonds is 4. The van der Waals surface area contributed by atoms with Crippen molar-refractivity contribution in [3.63, 3.8) is 0 Å². The Balaban J connectivity index is 1.95. The molecule has 0 aliphatic carbocycles. The van der Waals surface area contributed by atoms with E-state index in [9.17, 15) is 4.79 Å². The molecule has 16 heavy (non-hydrogen) atoms. The van der Waals surface area contributed by atoms with Gasteiger partial charge in [-0.3, -0.25) is 10.2 Å². The number of amides is 1. The summed E-state index contributed by atoms with van der Waals surface area (Å²) in [5.74, 6) is 4.53. The third-order valence-electron chi connectivity index (χ3n) is 2.05. The van der Waals surface area contributed by atoms with Gasteiger partial charge in [0.25, 0.3) is 5.91 Å². The number of hydrogen-bond donors (Lipinski definition) is 2. The third-order valence-corrected chi connectivity index (χ3v) is 2.05. The molecule has 0 aromatic carbocycles. The molecule has 0 fully saturated rings. The Morgan fingerprint density at radius 2 is 2.38 bits per heavy atom. The summed E-state index contributed by atoms with van der Waals surface area (Å²) in [6, 6.07) is 0. The molecule has 0 unspecified atom stereocenters. The topological polar surface area (TPSA) is 104 Å². The molecule has 0 saturated carbocycles. The second kappa shape index (κ2) is 4.53. The van der Waals surface area contributed by atoms with Crippen LogP contribution in [0, 0.1) is 0 Å². The number of hydrazine groups is 1. The Kier molecular flexibility index (Phi) is 2.92. The largest absolute Gasteiger partial charge is 0.336 e. The first-order chi connectivity index (χ1) is 7.79. The van der Waals surface area contributed by atoms with Crippen LogP contribution in [0.1, 0.15) is 10.5 Å². The van der Waals surface area contributed by atoms with E-state index in [2.05, 4.69) is 15.3 Å². The van der Waals surface area contributed by atoms with Gasteiger partial charge in [0.05, 0.1) is 19.1 Å². The zero-order valence-electron chi connectivity index (χ0n) is 8.45. The monoisotopic (exact) mass is 221 g/mol. The lowest BCUT2D eigenvalue weighted by molar-refractivity contribution is 0.0948. The van der Waals surface area contributed by atoms with Gasteiger partial charge in [-0.1, -0.05) is 5.21 Å². The number of aromatic nitrogens is 5. The van der Waals surface area contributed by atoms with Crippen molar-refractivity contribution in [1.82, 2.24) is 30.0 Å². The zero-order valence-corrected chi connectivity index (χ0v) is 8.45. The second-order valence-corrected chi connectivity index (χ2v) is 3.14. The second-order valence-electron chi connectivity index (χ2n) is 3.14. The number of aryl methyl sites for hydroxylation is 2. The van der Waals surface area contributed by atoms with Crippen molar-refractivity contribution < 1.29 is 4.79 Å². The minimum Gasteiger partial charge on any atom is -0.336 e. The molecule has 2 aromatic heterocycles. The molecule has 0 radical (unpaired) electrons. The molecule has 8 nitrogen and oxygen atoms in total. The molecule has 0 saturated heterocycles. The van der Waals surface area contributed by atoms with Crippen LogP contribution >= 0.6 is 0 Å². The fourth-order valence-electron chi connectivity index (χ4n) is 1.22. The Bertz CT molecular complexity index is 460. The SMILES string of the molecule is NNC(=O)c1cn(CCn2ccnc2)nn1. The van der Waals surface area contributed by atoms with Gasteiger partial charge < -0.3 is 4.57 Å². The highest BCUT2D eigenvalue weighted by Crippen LogP contribution is 1.94. The van der Waals surface area contributed by atoms with Gasteiger partial charge in [0.15, 0.2) is 5.69 Å². The predicted octanol–water partition coefficient (Wildman–Crippen LogP) is -1.22. The van der Waals surface area contributed by atoms with Crippen LogP contribution < -0.4 is 11.3 Å². The maximum atomic E-state index is 11.1. The van der Waals surface area contributed by atoms with E-state index in [-0.39, 0.29) is 5.69 Å². The fourth-order valence-corrected chi connectivity index (χ4v) is 1.22. The molecule has 0 bridgehead atoms. The van der Waals surface area contributed by atoms with E-state index in [4.69, 9.17) is 5.84 Å². The van der Waals surface area contributed by atoms with E-state index < -0.39 is 5.91 Å². The van der Waals surface area contributed by atoms with Gasteiger partial charge in [-0.2, -0.15) is 0 Å². The number of hydrogen-bond acceptors (Lipinski definition) is 5. The Morgan fingerprint density at radius 1 is 1.50 bits per heavy atom. The summed E-state index contributed by atoms with van der Waals surface area (Å²) < 4.78 is 3.48. The van der Waals surface area contributed by atoms with Crippen molar-refractivity contribution in [2.45, 2.75) is 13.1 Å². The van der Waals surface area contributed by atoms with Gasteiger partial charge in [-0.25, -0.2) is 15.5 Å². The van der Waals surface area contributed by atoms with Gasteiger partial charge in [-0.05, 0) is 0 Å². The Morgan fingerprint density at radius 3 is 3.06 bits per heavy atom. The van der Waals surface area contributed by atoms with E-state index >= 15 is 0 Å². The minimum absolute atomic E-state index is 0.202. The third kappa shape index (κ3) is 2.23. The lowest BCUT2D eigenvalue weighted by Gasteiger charge is -2.00. The van der Waals surface area contributed by atoms with E-state index in [0.29, 0.717) is 13.1 Å². The van der Waals surface area contributed by atoms with E-state index in [1.807, 2.05) is 16.2 Å². The smallest absolute Gasteiger partial charge is 0.287 e. The van der Waals surface area contributed by atoms with Gasteiger partial charge in [0.1, 0.15) is 0 Å². The van der Waals surface area contributed by atoms with Crippen LogP contribution in [0.5, 0.6) is 0 Å². The molecule has 0 spiro atoms. The van der Waals surface area contributed by atoms with E-state index in [1.54, 1.807) is 23.4 Å². The molecular formula is C8H11N7O. The first kappa shape index (κ1) is 10.3. The molecular weight excluding hydrogens is 210 g/mol. The number of nitrogens with two attached hydrogens (primary N) is 1. The molecule has 3 N–H and O–H groups in total. The van der Waals surface area contributed by atoms with Crippen molar-refractivity contribution in [2.24, 2.45) is 5.84 Å². The minimum atomic E-state index is -0.450. The predicted molar refractivity (Wildman–Crippen MR) is 53.9 cm³/mol. The summed E-state index contributed by atoms with van der Waals surface area (Å²) in [6.45, 7) is 1.33. The standard InChI is InChI=1S/C8H11N7O/c9-11-8(16)7-5-15(13-12-7)4-3-14-2-1-10-6-14/h1-2,5-6H,3-4,9H2,(H,11,16). The summed E-state index contributed by atoms with van der Waals surface area (Å²) in [4.78, 5) is 15.0. The number of nitrogen functional groups attached to an aromatic ring is 1. The molecule has 0 atom stereocenters. The normalized spacial score (nSPS) is 10.3. The van der Waals surface area contributed by atoms with Crippen LogP contribution in [-0.4, -0.2) is 30.5 Å². The van der Waals surface area contributed by atoms with Crippen LogP contribution in [0.2, 0.25) is 0 Å². The molecule has 2 heterocycles. The van der Waals surface area contributed by atoms with Crippen molar-refractivity contribution in [3.8, 4) is 0 Å². The molecule has 0 aliphatic rings. The number of nitrogens with one attached hydrogen (secondary N) is 1. The summed E-state index contributed by atoms with van der Waals surface area (Å²) in [6.07, 6.45) is 6.81.